The Labute approximate surface area is 205 Å². The van der Waals surface area contributed by atoms with Crippen molar-refractivity contribution >= 4 is 39.5 Å². The summed E-state index contributed by atoms with van der Waals surface area (Å²) in [5.74, 6) is 0.830. The molecule has 1 aromatic carbocycles. The van der Waals surface area contributed by atoms with Crippen molar-refractivity contribution in [1.82, 2.24) is 9.88 Å². The summed E-state index contributed by atoms with van der Waals surface area (Å²) in [6.45, 7) is 2.59. The number of nitrogens with zero attached hydrogens (tertiary/aromatic N) is 5. The standard InChI is InChI=1S/C23H30N6O5S/c30-23-25-19-4-2-1-3-17(19)5-10-28(23)18-6-8-27(9-7-18)22-15-20(21(16-24-22)29(31)32)26-11-13-35(33,34)14-12-26/h1-4,15-16,18,33-34H,5-14H2,(H,25,30)/p-1. The minimum atomic E-state index is -2.85. The molecule has 3 aliphatic heterocycles. The van der Waals surface area contributed by atoms with Gasteiger partial charge in [0.1, 0.15) is 17.7 Å². The lowest BCUT2D eigenvalue weighted by molar-refractivity contribution is -0.384. The molecule has 0 atom stereocenters. The van der Waals surface area contributed by atoms with E-state index in [4.69, 9.17) is 0 Å². The summed E-state index contributed by atoms with van der Waals surface area (Å²) >= 11 is 0. The molecule has 0 unspecified atom stereocenters. The lowest BCUT2D eigenvalue weighted by Crippen LogP contribution is -2.49. The largest absolute Gasteiger partial charge is 0.768 e. The van der Waals surface area contributed by atoms with Gasteiger partial charge in [-0.3, -0.25) is 10.1 Å². The van der Waals surface area contributed by atoms with Gasteiger partial charge in [-0.25, -0.2) is 9.78 Å². The van der Waals surface area contributed by atoms with Crippen molar-refractivity contribution < 1.29 is 18.8 Å². The van der Waals surface area contributed by atoms with Crippen molar-refractivity contribution in [3.8, 4) is 0 Å². The second kappa shape index (κ2) is 9.51. The van der Waals surface area contributed by atoms with Crippen molar-refractivity contribution in [2.45, 2.75) is 25.3 Å². The molecule has 0 saturated carbocycles. The van der Waals surface area contributed by atoms with Crippen LogP contribution in [-0.4, -0.2) is 80.2 Å². The molecular formula is C23H29N6O5S-. The van der Waals surface area contributed by atoms with Crippen LogP contribution in [0.2, 0.25) is 0 Å². The lowest BCUT2D eigenvalue weighted by Gasteiger charge is -2.51. The minimum Gasteiger partial charge on any atom is -0.768 e. The van der Waals surface area contributed by atoms with Gasteiger partial charge >= 0.3 is 11.7 Å². The Hall–Kier alpha value is -3.09. The number of urea groups is 1. The van der Waals surface area contributed by atoms with Gasteiger partial charge in [0.25, 0.3) is 0 Å². The number of aromatic nitrogens is 1. The molecule has 3 aliphatic rings. The molecule has 0 bridgehead atoms. The predicted molar refractivity (Wildman–Crippen MR) is 135 cm³/mol. The number of amides is 2. The van der Waals surface area contributed by atoms with E-state index in [0.717, 1.165) is 30.5 Å². The molecule has 4 heterocycles. The Morgan fingerprint density at radius 3 is 2.51 bits per heavy atom. The normalized spacial score (nSPS) is 21.7. The fraction of sp³-hybridized carbons (Fsp3) is 0.478. The first-order valence-corrected chi connectivity index (χ1v) is 13.7. The van der Waals surface area contributed by atoms with E-state index in [0.29, 0.717) is 31.1 Å². The first-order chi connectivity index (χ1) is 16.8. The summed E-state index contributed by atoms with van der Waals surface area (Å²) in [4.78, 5) is 34.2. The molecule has 0 radical (unpaired) electrons. The van der Waals surface area contributed by atoms with E-state index >= 15 is 0 Å². The Bertz CT molecular complexity index is 1110. The van der Waals surface area contributed by atoms with Gasteiger partial charge in [0.15, 0.2) is 0 Å². The number of anilines is 3. The molecule has 0 spiro atoms. The van der Waals surface area contributed by atoms with Gasteiger partial charge < -0.3 is 39.7 Å². The number of para-hydroxylation sites is 1. The number of hydrogen-bond acceptors (Lipinski definition) is 8. The first-order valence-electron chi connectivity index (χ1n) is 11.8. The number of pyridine rings is 1. The van der Waals surface area contributed by atoms with Gasteiger partial charge in [-0.2, -0.15) is 0 Å². The first kappa shape index (κ1) is 23.6. The Morgan fingerprint density at radius 1 is 1.09 bits per heavy atom. The Balaban J connectivity index is 1.27. The van der Waals surface area contributed by atoms with E-state index in [1.54, 1.807) is 11.0 Å². The molecule has 11 nitrogen and oxygen atoms in total. The molecule has 2 aromatic rings. The van der Waals surface area contributed by atoms with Gasteiger partial charge in [-0.15, -0.1) is 0 Å². The van der Waals surface area contributed by atoms with Gasteiger partial charge in [0, 0.05) is 62.0 Å². The molecule has 1 aromatic heterocycles. The zero-order chi connectivity index (χ0) is 24.6. The third kappa shape index (κ3) is 5.00. The zero-order valence-corrected chi connectivity index (χ0v) is 20.2. The molecule has 0 aliphatic carbocycles. The number of benzene rings is 1. The average Bonchev–Trinajstić information content (AvgIpc) is 3.02. The average molecular weight is 502 g/mol. The van der Waals surface area contributed by atoms with Gasteiger partial charge in [-0.05, 0) is 30.9 Å². The summed E-state index contributed by atoms with van der Waals surface area (Å²) in [6.07, 6.45) is 3.63. The van der Waals surface area contributed by atoms with Crippen LogP contribution in [0, 0.1) is 10.1 Å². The third-order valence-electron chi connectivity index (χ3n) is 7.12. The van der Waals surface area contributed by atoms with Crippen molar-refractivity contribution in [2.75, 3.05) is 59.3 Å². The maximum atomic E-state index is 12.9. The summed E-state index contributed by atoms with van der Waals surface area (Å²) in [5, 5.41) is 14.6. The highest BCUT2D eigenvalue weighted by Gasteiger charge is 2.31. The molecule has 5 rings (SSSR count). The van der Waals surface area contributed by atoms with Crippen LogP contribution in [0.25, 0.3) is 0 Å². The maximum absolute atomic E-state index is 12.9. The predicted octanol–water partition coefficient (Wildman–Crippen LogP) is 3.28. The van der Waals surface area contributed by atoms with Crippen molar-refractivity contribution in [3.05, 3.63) is 52.2 Å². The van der Waals surface area contributed by atoms with Crippen molar-refractivity contribution in [2.24, 2.45) is 0 Å². The van der Waals surface area contributed by atoms with E-state index in [1.807, 2.05) is 29.2 Å². The van der Waals surface area contributed by atoms with Crippen LogP contribution in [0.4, 0.5) is 27.7 Å². The Kier molecular flexibility index (Phi) is 6.43. The summed E-state index contributed by atoms with van der Waals surface area (Å²) in [7, 11) is -2.85. The van der Waals surface area contributed by atoms with Crippen LogP contribution in [0.1, 0.15) is 18.4 Å². The van der Waals surface area contributed by atoms with E-state index in [1.165, 1.54) is 6.20 Å². The summed E-state index contributed by atoms with van der Waals surface area (Å²) < 4.78 is 21.7. The number of nitrogens with one attached hydrogen (secondary N) is 1. The van der Waals surface area contributed by atoms with Gasteiger partial charge in [0.05, 0.1) is 4.92 Å². The second-order valence-electron chi connectivity index (χ2n) is 9.21. The summed E-state index contributed by atoms with van der Waals surface area (Å²) in [6, 6.07) is 9.63. The van der Waals surface area contributed by atoms with Crippen LogP contribution in [0.5, 0.6) is 0 Å². The molecule has 2 saturated heterocycles. The molecule has 2 amide bonds. The minimum absolute atomic E-state index is 0.0743. The van der Waals surface area contributed by atoms with E-state index in [9.17, 15) is 24.0 Å². The van der Waals surface area contributed by atoms with E-state index < -0.39 is 15.5 Å². The van der Waals surface area contributed by atoms with Crippen LogP contribution in [0.15, 0.2) is 36.5 Å². The topological polar surface area (TPSA) is 138 Å². The summed E-state index contributed by atoms with van der Waals surface area (Å²) in [5.41, 5.74) is 2.34. The van der Waals surface area contributed by atoms with Crippen LogP contribution < -0.4 is 15.1 Å². The highest BCUT2D eigenvalue weighted by molar-refractivity contribution is 8.24. The number of hydrogen-bond donors (Lipinski definition) is 2. The van der Waals surface area contributed by atoms with Crippen LogP contribution >= 0.6 is 10.6 Å². The molecule has 12 heteroatoms. The molecule has 2 N–H and O–H groups in total. The molecular weight excluding hydrogens is 472 g/mol. The maximum Gasteiger partial charge on any atom is 0.322 e. The fourth-order valence-corrected chi connectivity index (χ4v) is 6.31. The number of piperidine rings is 1. The molecule has 188 valence electrons. The number of fused-ring (bicyclic) bond motifs is 1. The molecule has 35 heavy (non-hydrogen) atoms. The number of rotatable bonds is 4. The van der Waals surface area contributed by atoms with E-state index in [-0.39, 0.29) is 42.4 Å². The highest BCUT2D eigenvalue weighted by atomic mass is 32.3. The second-order valence-corrected chi connectivity index (χ2v) is 11.6. The lowest BCUT2D eigenvalue weighted by atomic mass is 10.0. The smallest absolute Gasteiger partial charge is 0.322 e. The van der Waals surface area contributed by atoms with Gasteiger partial charge in [0.2, 0.25) is 0 Å². The number of carbonyl (C=O) groups is 1. The Morgan fingerprint density at radius 2 is 1.80 bits per heavy atom. The third-order valence-corrected chi connectivity index (χ3v) is 8.76. The quantitative estimate of drug-likeness (QED) is 0.481. The SMILES string of the molecule is O=C1Nc2ccccc2CCN1C1CCN(c2cc(N3CCS([O-])(O)CC3)c([N+](=O)[O-])cn2)CC1. The van der Waals surface area contributed by atoms with Crippen molar-refractivity contribution in [1.29, 1.82) is 0 Å². The van der Waals surface area contributed by atoms with E-state index in [2.05, 4.69) is 15.2 Å². The number of carbonyl (C=O) groups excluding carboxylic acids is 1. The number of nitro groups is 1. The zero-order valence-electron chi connectivity index (χ0n) is 19.3. The molecule has 2 fully saturated rings. The van der Waals surface area contributed by atoms with Crippen molar-refractivity contribution in [3.63, 3.8) is 0 Å². The van der Waals surface area contributed by atoms with Crippen LogP contribution in [-0.2, 0) is 6.42 Å². The van der Waals surface area contributed by atoms with Gasteiger partial charge in [-0.1, -0.05) is 18.2 Å². The fourth-order valence-electron chi connectivity index (χ4n) is 5.10. The monoisotopic (exact) mass is 501 g/mol. The highest BCUT2D eigenvalue weighted by Crippen LogP contribution is 2.42. The van der Waals surface area contributed by atoms with Crippen LogP contribution in [0.3, 0.4) is 0 Å².